The Morgan fingerprint density at radius 2 is 2.00 bits per heavy atom. The lowest BCUT2D eigenvalue weighted by molar-refractivity contribution is 0.0915. The number of hydrogen-bond acceptors (Lipinski definition) is 4. The second-order valence-electron chi connectivity index (χ2n) is 6.87. The minimum absolute atomic E-state index is 0.000257. The Bertz CT molecular complexity index is 744. The average molecular weight is 317 g/mol. The van der Waals surface area contributed by atoms with Crippen molar-refractivity contribution >= 4 is 27.5 Å². The van der Waals surface area contributed by atoms with Gasteiger partial charge < -0.3 is 5.32 Å². The van der Waals surface area contributed by atoms with Crippen LogP contribution in [0.1, 0.15) is 72.7 Å². The van der Waals surface area contributed by atoms with E-state index in [4.69, 9.17) is 4.98 Å². The number of nitrogens with zero attached hydrogens (tertiary/aromatic N) is 2. The molecule has 2 aromatic heterocycles. The zero-order valence-electron chi connectivity index (χ0n) is 13.9. The highest BCUT2D eigenvalue weighted by atomic mass is 32.1. The topological polar surface area (TPSA) is 54.9 Å². The second-order valence-corrected chi connectivity index (χ2v) is 7.87. The van der Waals surface area contributed by atoms with Gasteiger partial charge in [-0.2, -0.15) is 0 Å². The summed E-state index contributed by atoms with van der Waals surface area (Å²) in [6.45, 7) is 10.2. The molecule has 118 valence electrons. The van der Waals surface area contributed by atoms with E-state index in [0.29, 0.717) is 5.92 Å². The molecule has 1 amide bonds. The first-order valence-corrected chi connectivity index (χ1v) is 8.74. The third kappa shape index (κ3) is 2.74. The van der Waals surface area contributed by atoms with E-state index in [1.807, 2.05) is 27.7 Å². The molecule has 1 saturated carbocycles. The number of rotatable bonds is 4. The van der Waals surface area contributed by atoms with Gasteiger partial charge in [-0.15, -0.1) is 11.3 Å². The zero-order valence-corrected chi connectivity index (χ0v) is 14.7. The van der Waals surface area contributed by atoms with Crippen LogP contribution in [0.25, 0.3) is 10.2 Å². The summed E-state index contributed by atoms with van der Waals surface area (Å²) in [6, 6.07) is 0. The molecule has 1 N–H and O–H groups in total. The first-order valence-electron chi connectivity index (χ1n) is 7.92. The second kappa shape index (κ2) is 5.30. The smallest absolute Gasteiger partial charge is 0.262 e. The number of carbonyl (C=O) groups excluding carboxylic acids is 1. The van der Waals surface area contributed by atoms with Crippen molar-refractivity contribution in [2.75, 3.05) is 0 Å². The van der Waals surface area contributed by atoms with E-state index in [1.54, 1.807) is 0 Å². The SMILES string of the molecule is CCC(C)(C)NC(=O)c1sc2nc(C3CC3)nc(C)c2c1C. The number of aromatic nitrogens is 2. The molecule has 1 aliphatic rings. The fraction of sp³-hybridized carbons (Fsp3) is 0.588. The molecule has 0 unspecified atom stereocenters. The first-order chi connectivity index (χ1) is 10.3. The Hall–Kier alpha value is -1.49. The highest BCUT2D eigenvalue weighted by Gasteiger charge is 2.29. The van der Waals surface area contributed by atoms with Crippen molar-refractivity contribution in [1.29, 1.82) is 0 Å². The quantitative estimate of drug-likeness (QED) is 0.923. The fourth-order valence-electron chi connectivity index (χ4n) is 2.55. The van der Waals surface area contributed by atoms with Gasteiger partial charge in [0.1, 0.15) is 10.7 Å². The predicted molar refractivity (Wildman–Crippen MR) is 90.7 cm³/mol. The van der Waals surface area contributed by atoms with Crippen LogP contribution in [-0.4, -0.2) is 21.4 Å². The zero-order chi connectivity index (χ0) is 16.1. The Kier molecular flexibility index (Phi) is 3.71. The predicted octanol–water partition coefficient (Wildman–Crippen LogP) is 4.10. The van der Waals surface area contributed by atoms with Crippen molar-refractivity contribution in [2.24, 2.45) is 0 Å². The third-order valence-electron chi connectivity index (χ3n) is 4.47. The maximum atomic E-state index is 12.6. The molecule has 0 bridgehead atoms. The molecule has 2 aromatic rings. The van der Waals surface area contributed by atoms with Crippen LogP contribution in [-0.2, 0) is 0 Å². The minimum Gasteiger partial charge on any atom is -0.346 e. The van der Waals surface area contributed by atoms with Gasteiger partial charge in [0.2, 0.25) is 0 Å². The van der Waals surface area contributed by atoms with Crippen LogP contribution in [0, 0.1) is 13.8 Å². The van der Waals surface area contributed by atoms with Crippen LogP contribution in [0.15, 0.2) is 0 Å². The van der Waals surface area contributed by atoms with E-state index < -0.39 is 0 Å². The van der Waals surface area contributed by atoms with E-state index in [9.17, 15) is 4.79 Å². The Morgan fingerprint density at radius 1 is 1.32 bits per heavy atom. The molecule has 3 rings (SSSR count). The number of thiophene rings is 1. The molecule has 0 saturated heterocycles. The molecule has 0 radical (unpaired) electrons. The van der Waals surface area contributed by atoms with Crippen LogP contribution in [0.4, 0.5) is 0 Å². The molecule has 1 aliphatic carbocycles. The summed E-state index contributed by atoms with van der Waals surface area (Å²) in [6.07, 6.45) is 3.27. The van der Waals surface area contributed by atoms with Crippen molar-refractivity contribution in [3.63, 3.8) is 0 Å². The van der Waals surface area contributed by atoms with Crippen molar-refractivity contribution in [3.8, 4) is 0 Å². The highest BCUT2D eigenvalue weighted by molar-refractivity contribution is 7.20. The van der Waals surface area contributed by atoms with Crippen molar-refractivity contribution in [2.45, 2.75) is 65.3 Å². The Morgan fingerprint density at radius 3 is 2.59 bits per heavy atom. The van der Waals surface area contributed by atoms with E-state index in [-0.39, 0.29) is 11.4 Å². The summed E-state index contributed by atoms with van der Waals surface area (Å²) in [5, 5.41) is 4.17. The molecule has 0 aliphatic heterocycles. The lowest BCUT2D eigenvalue weighted by Crippen LogP contribution is -2.42. The number of hydrogen-bond donors (Lipinski definition) is 1. The van der Waals surface area contributed by atoms with Gasteiger partial charge in [0.15, 0.2) is 0 Å². The number of amides is 1. The Balaban J connectivity index is 2.02. The molecule has 0 spiro atoms. The number of nitrogens with one attached hydrogen (secondary N) is 1. The molecular formula is C17H23N3OS. The average Bonchev–Trinajstić information content (AvgIpc) is 3.23. The summed E-state index contributed by atoms with van der Waals surface area (Å²) in [5.41, 5.74) is 1.80. The fourth-order valence-corrected chi connectivity index (χ4v) is 3.69. The number of aryl methyl sites for hydroxylation is 2. The molecular weight excluding hydrogens is 294 g/mol. The van der Waals surface area contributed by atoms with Gasteiger partial charge >= 0.3 is 0 Å². The summed E-state index contributed by atoms with van der Waals surface area (Å²) < 4.78 is 0. The molecule has 4 nitrogen and oxygen atoms in total. The number of fused-ring (bicyclic) bond motifs is 1. The van der Waals surface area contributed by atoms with Gasteiger partial charge in [-0.3, -0.25) is 4.79 Å². The maximum absolute atomic E-state index is 12.6. The lowest BCUT2D eigenvalue weighted by atomic mass is 10.0. The normalized spacial score (nSPS) is 15.3. The summed E-state index contributed by atoms with van der Waals surface area (Å²) in [5.74, 6) is 1.48. The van der Waals surface area contributed by atoms with Gasteiger partial charge in [-0.1, -0.05) is 6.92 Å². The maximum Gasteiger partial charge on any atom is 0.262 e. The van der Waals surface area contributed by atoms with Gasteiger partial charge in [0.05, 0.1) is 10.6 Å². The van der Waals surface area contributed by atoms with Crippen LogP contribution in [0.2, 0.25) is 0 Å². The molecule has 22 heavy (non-hydrogen) atoms. The van der Waals surface area contributed by atoms with E-state index >= 15 is 0 Å². The van der Waals surface area contributed by atoms with Crippen LogP contribution in [0.5, 0.6) is 0 Å². The third-order valence-corrected chi connectivity index (χ3v) is 5.66. The minimum atomic E-state index is -0.195. The standard InChI is InChI=1S/C17H23N3OS/c1-6-17(4,5)20-15(21)13-9(2)12-10(3)18-14(11-7-8-11)19-16(12)22-13/h11H,6-8H2,1-5H3,(H,20,21). The van der Waals surface area contributed by atoms with Gasteiger partial charge in [-0.25, -0.2) is 9.97 Å². The van der Waals surface area contributed by atoms with E-state index in [0.717, 1.165) is 38.6 Å². The highest BCUT2D eigenvalue weighted by Crippen LogP contribution is 2.40. The van der Waals surface area contributed by atoms with Crippen molar-refractivity contribution in [1.82, 2.24) is 15.3 Å². The molecule has 0 aromatic carbocycles. The van der Waals surface area contributed by atoms with Crippen LogP contribution < -0.4 is 5.32 Å². The van der Waals surface area contributed by atoms with Crippen LogP contribution in [0.3, 0.4) is 0 Å². The summed E-state index contributed by atoms with van der Waals surface area (Å²) in [7, 11) is 0. The lowest BCUT2D eigenvalue weighted by Gasteiger charge is -2.24. The van der Waals surface area contributed by atoms with E-state index in [1.165, 1.54) is 24.2 Å². The van der Waals surface area contributed by atoms with Crippen molar-refractivity contribution < 1.29 is 4.79 Å². The largest absolute Gasteiger partial charge is 0.346 e. The monoisotopic (exact) mass is 317 g/mol. The van der Waals surface area contributed by atoms with Gasteiger partial charge in [0, 0.05) is 16.8 Å². The van der Waals surface area contributed by atoms with Gasteiger partial charge in [0.25, 0.3) is 5.91 Å². The van der Waals surface area contributed by atoms with E-state index in [2.05, 4.69) is 17.2 Å². The molecule has 1 fully saturated rings. The Labute approximate surface area is 135 Å². The summed E-state index contributed by atoms with van der Waals surface area (Å²) in [4.78, 5) is 23.7. The van der Waals surface area contributed by atoms with Gasteiger partial charge in [-0.05, 0) is 52.5 Å². The molecule has 0 atom stereocenters. The molecule has 2 heterocycles. The van der Waals surface area contributed by atoms with Crippen LogP contribution >= 0.6 is 11.3 Å². The number of carbonyl (C=O) groups is 1. The first kappa shape index (κ1) is 15.4. The van der Waals surface area contributed by atoms with Crippen molar-refractivity contribution in [3.05, 3.63) is 22.0 Å². The summed E-state index contributed by atoms with van der Waals surface area (Å²) >= 11 is 1.49. The molecule has 5 heteroatoms.